The van der Waals surface area contributed by atoms with Gasteiger partial charge in [-0.2, -0.15) is 0 Å². The molecule has 1 aliphatic heterocycles. The quantitative estimate of drug-likeness (QED) is 0.834. The Balaban J connectivity index is 1.93. The third-order valence-corrected chi connectivity index (χ3v) is 5.53. The van der Waals surface area contributed by atoms with Crippen molar-refractivity contribution in [3.8, 4) is 0 Å². The van der Waals surface area contributed by atoms with Crippen molar-refractivity contribution in [2.75, 3.05) is 19.6 Å². The molecule has 23 heavy (non-hydrogen) atoms. The van der Waals surface area contributed by atoms with Crippen LogP contribution < -0.4 is 11.1 Å². The number of amides is 1. The van der Waals surface area contributed by atoms with E-state index in [4.69, 9.17) is 10.7 Å². The van der Waals surface area contributed by atoms with Gasteiger partial charge in [0.2, 0.25) is 5.91 Å². The predicted molar refractivity (Wildman–Crippen MR) is 95.5 cm³/mol. The van der Waals surface area contributed by atoms with Gasteiger partial charge in [-0.05, 0) is 19.4 Å². The summed E-state index contributed by atoms with van der Waals surface area (Å²) in [6.07, 6.45) is 4.01. The number of hydrogen-bond acceptors (Lipinski definition) is 5. The van der Waals surface area contributed by atoms with Crippen LogP contribution in [0.5, 0.6) is 0 Å². The molecular formula is C17H30N4OS. The molecule has 0 aliphatic carbocycles. The Bertz CT molecular complexity index is 509. The molecular weight excluding hydrogens is 308 g/mol. The molecule has 0 bridgehead atoms. The Morgan fingerprint density at radius 3 is 2.91 bits per heavy atom. The van der Waals surface area contributed by atoms with E-state index in [0.717, 1.165) is 31.7 Å². The highest BCUT2D eigenvalue weighted by atomic mass is 32.1. The number of carbonyl (C=O) groups excluding carboxylic acids is 1. The van der Waals surface area contributed by atoms with Gasteiger partial charge in [-0.1, -0.05) is 27.2 Å². The highest BCUT2D eigenvalue weighted by Crippen LogP contribution is 2.27. The smallest absolute Gasteiger partial charge is 0.221 e. The van der Waals surface area contributed by atoms with Crippen molar-refractivity contribution < 1.29 is 4.79 Å². The molecule has 1 aromatic rings. The van der Waals surface area contributed by atoms with Crippen LogP contribution in [-0.4, -0.2) is 41.5 Å². The number of likely N-dealkylation sites (tertiary alicyclic amines) is 1. The summed E-state index contributed by atoms with van der Waals surface area (Å²) in [6, 6.07) is 0.408. The first-order valence-corrected chi connectivity index (χ1v) is 9.44. The van der Waals surface area contributed by atoms with Crippen LogP contribution in [0.15, 0.2) is 5.38 Å². The fraction of sp³-hybridized carbons (Fsp3) is 0.765. The fourth-order valence-corrected chi connectivity index (χ4v) is 3.78. The maximum Gasteiger partial charge on any atom is 0.221 e. The highest BCUT2D eigenvalue weighted by molar-refractivity contribution is 7.09. The zero-order chi connectivity index (χ0) is 16.9. The van der Waals surface area contributed by atoms with Crippen LogP contribution in [0.2, 0.25) is 0 Å². The lowest BCUT2D eigenvalue weighted by molar-refractivity contribution is -0.121. The zero-order valence-electron chi connectivity index (χ0n) is 14.6. The minimum Gasteiger partial charge on any atom is -0.354 e. The first-order valence-electron chi connectivity index (χ1n) is 8.56. The average Bonchev–Trinajstić information content (AvgIpc) is 2.95. The largest absolute Gasteiger partial charge is 0.354 e. The minimum atomic E-state index is 0.0571. The third-order valence-electron chi connectivity index (χ3n) is 4.21. The molecule has 0 radical (unpaired) electrons. The summed E-state index contributed by atoms with van der Waals surface area (Å²) < 4.78 is 0. The maximum absolute atomic E-state index is 11.6. The van der Waals surface area contributed by atoms with Crippen LogP contribution >= 0.6 is 11.3 Å². The Kier molecular flexibility index (Phi) is 6.56. The summed E-state index contributed by atoms with van der Waals surface area (Å²) in [5.74, 6) is 0.0571. The van der Waals surface area contributed by atoms with Gasteiger partial charge in [0.05, 0.1) is 10.7 Å². The number of thiazole rings is 1. The van der Waals surface area contributed by atoms with E-state index in [1.165, 1.54) is 17.8 Å². The van der Waals surface area contributed by atoms with Crippen molar-refractivity contribution >= 4 is 17.2 Å². The van der Waals surface area contributed by atoms with Crippen molar-refractivity contribution in [3.05, 3.63) is 16.1 Å². The van der Waals surface area contributed by atoms with Gasteiger partial charge < -0.3 is 11.1 Å². The lowest BCUT2D eigenvalue weighted by Crippen LogP contribution is -2.46. The molecule has 5 nitrogen and oxygen atoms in total. The normalized spacial score (nSPS) is 19.7. The summed E-state index contributed by atoms with van der Waals surface area (Å²) in [6.45, 7) is 9.69. The number of aromatic nitrogens is 1. The number of carbonyl (C=O) groups is 1. The van der Waals surface area contributed by atoms with E-state index in [2.05, 4.69) is 36.4 Å². The summed E-state index contributed by atoms with van der Waals surface area (Å²) in [4.78, 5) is 18.9. The molecule has 3 N–H and O–H groups in total. The third kappa shape index (κ3) is 5.55. The second-order valence-corrected chi connectivity index (χ2v) is 8.21. The van der Waals surface area contributed by atoms with Crippen LogP contribution in [0.4, 0.5) is 0 Å². The molecule has 1 unspecified atom stereocenters. The Hall–Kier alpha value is -0.980. The molecule has 130 valence electrons. The van der Waals surface area contributed by atoms with Crippen molar-refractivity contribution in [1.82, 2.24) is 15.2 Å². The van der Waals surface area contributed by atoms with E-state index in [0.29, 0.717) is 19.0 Å². The van der Waals surface area contributed by atoms with E-state index < -0.39 is 0 Å². The molecule has 1 saturated heterocycles. The Morgan fingerprint density at radius 1 is 1.48 bits per heavy atom. The fourth-order valence-electron chi connectivity index (χ4n) is 2.88. The second-order valence-electron chi connectivity index (χ2n) is 7.36. The van der Waals surface area contributed by atoms with Gasteiger partial charge in [-0.15, -0.1) is 11.3 Å². The Labute approximate surface area is 143 Å². The molecule has 0 aromatic carbocycles. The van der Waals surface area contributed by atoms with Crippen LogP contribution in [0.3, 0.4) is 0 Å². The molecule has 1 amide bonds. The van der Waals surface area contributed by atoms with E-state index in [1.54, 1.807) is 11.3 Å². The number of piperidine rings is 1. The lowest BCUT2D eigenvalue weighted by Gasteiger charge is -2.35. The Morgan fingerprint density at radius 2 is 2.26 bits per heavy atom. The van der Waals surface area contributed by atoms with Crippen molar-refractivity contribution in [2.24, 2.45) is 5.73 Å². The summed E-state index contributed by atoms with van der Waals surface area (Å²) >= 11 is 1.75. The van der Waals surface area contributed by atoms with Crippen LogP contribution in [0.25, 0.3) is 0 Å². The first kappa shape index (κ1) is 18.4. The van der Waals surface area contributed by atoms with Crippen LogP contribution in [-0.2, 0) is 16.8 Å². The van der Waals surface area contributed by atoms with Gasteiger partial charge in [0.15, 0.2) is 0 Å². The predicted octanol–water partition coefficient (Wildman–Crippen LogP) is 2.26. The molecule has 1 atom stereocenters. The molecule has 1 aromatic heterocycles. The molecule has 0 saturated carbocycles. The number of rotatable bonds is 6. The molecule has 1 fully saturated rings. The average molecular weight is 339 g/mol. The number of nitrogens with one attached hydrogen (secondary N) is 1. The summed E-state index contributed by atoms with van der Waals surface area (Å²) in [5.41, 5.74) is 6.69. The van der Waals surface area contributed by atoms with E-state index >= 15 is 0 Å². The van der Waals surface area contributed by atoms with E-state index in [-0.39, 0.29) is 11.3 Å². The van der Waals surface area contributed by atoms with Crippen molar-refractivity contribution in [2.45, 2.75) is 64.5 Å². The number of nitrogens with two attached hydrogens (primary N) is 1. The van der Waals surface area contributed by atoms with Gasteiger partial charge in [0.1, 0.15) is 0 Å². The lowest BCUT2D eigenvalue weighted by atomic mass is 9.98. The number of hydrogen-bond donors (Lipinski definition) is 2. The standard InChI is InChI=1S/C17H30N4OS/c1-17(2,3)16-20-13(12-23-16)11-21-9-5-4-6-14(21)10-19-15(22)7-8-18/h12,14H,4-11,18H2,1-3H3,(H,19,22). The molecule has 2 rings (SSSR count). The van der Waals surface area contributed by atoms with Crippen molar-refractivity contribution in [3.63, 3.8) is 0 Å². The molecule has 1 aliphatic rings. The highest BCUT2D eigenvalue weighted by Gasteiger charge is 2.24. The first-order chi connectivity index (χ1) is 10.9. The summed E-state index contributed by atoms with van der Waals surface area (Å²) in [7, 11) is 0. The van der Waals surface area contributed by atoms with E-state index in [1.807, 2.05) is 0 Å². The van der Waals surface area contributed by atoms with Gasteiger partial charge in [0, 0.05) is 42.9 Å². The van der Waals surface area contributed by atoms with E-state index in [9.17, 15) is 4.79 Å². The van der Waals surface area contributed by atoms with Gasteiger partial charge in [0.25, 0.3) is 0 Å². The monoisotopic (exact) mass is 338 g/mol. The summed E-state index contributed by atoms with van der Waals surface area (Å²) in [5, 5.41) is 6.39. The minimum absolute atomic E-state index is 0.0571. The molecule has 2 heterocycles. The van der Waals surface area contributed by atoms with Crippen molar-refractivity contribution in [1.29, 1.82) is 0 Å². The molecule has 0 spiro atoms. The topological polar surface area (TPSA) is 71.2 Å². The van der Waals surface area contributed by atoms with Gasteiger partial charge >= 0.3 is 0 Å². The van der Waals surface area contributed by atoms with Gasteiger partial charge in [-0.3, -0.25) is 9.69 Å². The van der Waals surface area contributed by atoms with Gasteiger partial charge in [-0.25, -0.2) is 4.98 Å². The SMILES string of the molecule is CC(C)(C)c1nc(CN2CCCCC2CNC(=O)CCN)cs1. The second kappa shape index (κ2) is 8.22. The van der Waals surface area contributed by atoms with Crippen LogP contribution in [0, 0.1) is 0 Å². The number of nitrogens with zero attached hydrogens (tertiary/aromatic N) is 2. The molecule has 6 heteroatoms. The van der Waals surface area contributed by atoms with Crippen LogP contribution in [0.1, 0.15) is 57.2 Å². The zero-order valence-corrected chi connectivity index (χ0v) is 15.4. The maximum atomic E-state index is 11.6.